The number of hydrogen-bond acceptors (Lipinski definition) is 3. The normalized spacial score (nSPS) is 16.2. The van der Waals surface area contributed by atoms with E-state index in [4.69, 9.17) is 9.40 Å². The minimum Gasteiger partial charge on any atom is -0.435 e. The van der Waals surface area contributed by atoms with Crippen LogP contribution in [0.15, 0.2) is 162 Å². The maximum Gasteiger partial charge on any atom is 0.227 e. The van der Waals surface area contributed by atoms with Crippen LogP contribution in [0.5, 0.6) is 0 Å². The molecule has 47 heavy (non-hydrogen) atoms. The first-order valence-electron chi connectivity index (χ1n) is 16.4. The molecule has 7 aromatic rings. The summed E-state index contributed by atoms with van der Waals surface area (Å²) >= 11 is 0. The van der Waals surface area contributed by atoms with Gasteiger partial charge in [-0.3, -0.25) is 0 Å². The summed E-state index contributed by atoms with van der Waals surface area (Å²) in [5.41, 5.74) is 12.6. The highest BCUT2D eigenvalue weighted by atomic mass is 16.3. The highest BCUT2D eigenvalue weighted by molar-refractivity contribution is 6.11. The molecule has 2 aliphatic rings. The summed E-state index contributed by atoms with van der Waals surface area (Å²) in [5, 5.41) is 2.17. The zero-order valence-electron chi connectivity index (χ0n) is 26.5. The number of fused-ring (bicyclic) bond motifs is 6. The Morgan fingerprint density at radius 3 is 2.23 bits per heavy atom. The molecule has 226 valence electrons. The van der Waals surface area contributed by atoms with E-state index in [1.54, 1.807) is 0 Å². The second kappa shape index (κ2) is 10.7. The molecule has 1 aromatic heterocycles. The van der Waals surface area contributed by atoms with Crippen LogP contribution >= 0.6 is 0 Å². The van der Waals surface area contributed by atoms with Crippen LogP contribution in [0.3, 0.4) is 0 Å². The SMILES string of the molecule is CC1(C)c2ccccc2-c2cc(N(C3=CC(c4ccccc4)CC=C3)c3cc4nc(-c5ccccc5)oc4c4ccccc34)ccc21. The number of allylic oxidation sites excluding steroid dienone is 3. The van der Waals surface area contributed by atoms with Gasteiger partial charge >= 0.3 is 0 Å². The topological polar surface area (TPSA) is 29.3 Å². The number of aromatic nitrogens is 1. The molecule has 0 saturated heterocycles. The summed E-state index contributed by atoms with van der Waals surface area (Å²) in [6, 6.07) is 47.6. The van der Waals surface area contributed by atoms with Gasteiger partial charge in [0.2, 0.25) is 5.89 Å². The van der Waals surface area contributed by atoms with Crippen molar-refractivity contribution in [1.82, 2.24) is 4.98 Å². The lowest BCUT2D eigenvalue weighted by atomic mass is 9.82. The Morgan fingerprint density at radius 2 is 1.40 bits per heavy atom. The molecule has 1 heterocycles. The van der Waals surface area contributed by atoms with E-state index in [2.05, 4.69) is 140 Å². The second-order valence-electron chi connectivity index (χ2n) is 13.2. The van der Waals surface area contributed by atoms with E-state index in [-0.39, 0.29) is 11.3 Å². The lowest BCUT2D eigenvalue weighted by molar-refractivity contribution is 0.623. The van der Waals surface area contributed by atoms with Crippen molar-refractivity contribution in [2.75, 3.05) is 4.90 Å². The highest BCUT2D eigenvalue weighted by Gasteiger charge is 2.36. The van der Waals surface area contributed by atoms with Gasteiger partial charge in [0, 0.05) is 39.1 Å². The molecule has 9 rings (SSSR count). The number of anilines is 2. The Morgan fingerprint density at radius 1 is 0.702 bits per heavy atom. The lowest BCUT2D eigenvalue weighted by Crippen LogP contribution is -2.19. The highest BCUT2D eigenvalue weighted by Crippen LogP contribution is 2.51. The Balaban J connectivity index is 1.29. The van der Waals surface area contributed by atoms with E-state index in [1.165, 1.54) is 27.8 Å². The zero-order valence-corrected chi connectivity index (χ0v) is 26.5. The Kier molecular flexibility index (Phi) is 6.29. The monoisotopic (exact) mass is 606 g/mol. The minimum absolute atomic E-state index is 0.0577. The summed E-state index contributed by atoms with van der Waals surface area (Å²) in [4.78, 5) is 7.48. The molecule has 0 radical (unpaired) electrons. The number of hydrogen-bond donors (Lipinski definition) is 0. The predicted molar refractivity (Wildman–Crippen MR) is 194 cm³/mol. The molecular weight excluding hydrogens is 572 g/mol. The van der Waals surface area contributed by atoms with Gasteiger partial charge in [-0.2, -0.15) is 0 Å². The molecule has 0 N–H and O–H groups in total. The summed E-state index contributed by atoms with van der Waals surface area (Å²) in [6.45, 7) is 4.67. The summed E-state index contributed by atoms with van der Waals surface area (Å²) in [5.74, 6) is 0.909. The van der Waals surface area contributed by atoms with Crippen LogP contribution in [-0.4, -0.2) is 4.98 Å². The van der Waals surface area contributed by atoms with Crippen molar-refractivity contribution < 1.29 is 4.42 Å². The van der Waals surface area contributed by atoms with Gasteiger partial charge in [0.25, 0.3) is 0 Å². The van der Waals surface area contributed by atoms with E-state index >= 15 is 0 Å². The van der Waals surface area contributed by atoms with Crippen LogP contribution in [-0.2, 0) is 5.41 Å². The van der Waals surface area contributed by atoms with Crippen molar-refractivity contribution in [2.45, 2.75) is 31.6 Å². The number of benzene rings is 6. The largest absolute Gasteiger partial charge is 0.435 e. The molecule has 6 aromatic carbocycles. The summed E-state index contributed by atoms with van der Waals surface area (Å²) < 4.78 is 6.49. The molecule has 3 heteroatoms. The van der Waals surface area contributed by atoms with Gasteiger partial charge in [0.1, 0.15) is 5.52 Å². The zero-order chi connectivity index (χ0) is 31.5. The molecule has 0 spiro atoms. The molecular formula is C44H34N2O. The van der Waals surface area contributed by atoms with E-state index < -0.39 is 0 Å². The van der Waals surface area contributed by atoms with Gasteiger partial charge in [-0.05, 0) is 70.6 Å². The molecule has 0 saturated carbocycles. The smallest absolute Gasteiger partial charge is 0.227 e. The molecule has 2 aliphatic carbocycles. The third-order valence-corrected chi connectivity index (χ3v) is 10.00. The first-order valence-corrected chi connectivity index (χ1v) is 16.4. The van der Waals surface area contributed by atoms with Gasteiger partial charge in [-0.25, -0.2) is 4.98 Å². The van der Waals surface area contributed by atoms with E-state index in [0.29, 0.717) is 5.89 Å². The molecule has 1 atom stereocenters. The van der Waals surface area contributed by atoms with Gasteiger partial charge in [0.15, 0.2) is 5.58 Å². The number of rotatable bonds is 5. The average Bonchev–Trinajstić information content (AvgIpc) is 3.66. The van der Waals surface area contributed by atoms with E-state index in [1.807, 2.05) is 30.3 Å². The van der Waals surface area contributed by atoms with Gasteiger partial charge in [-0.15, -0.1) is 0 Å². The summed E-state index contributed by atoms with van der Waals surface area (Å²) in [7, 11) is 0. The Hall–Kier alpha value is -5.67. The summed E-state index contributed by atoms with van der Waals surface area (Å²) in [6.07, 6.45) is 7.99. The first-order chi connectivity index (χ1) is 23.1. The second-order valence-corrected chi connectivity index (χ2v) is 13.2. The van der Waals surface area contributed by atoms with Crippen molar-refractivity contribution in [1.29, 1.82) is 0 Å². The fourth-order valence-corrected chi connectivity index (χ4v) is 7.64. The van der Waals surface area contributed by atoms with Crippen molar-refractivity contribution in [2.24, 2.45) is 0 Å². The molecule has 0 fully saturated rings. The third-order valence-electron chi connectivity index (χ3n) is 10.00. The third kappa shape index (κ3) is 4.45. The molecule has 3 nitrogen and oxygen atoms in total. The fraction of sp³-hybridized carbons (Fsp3) is 0.114. The van der Waals surface area contributed by atoms with Crippen LogP contribution < -0.4 is 4.90 Å². The van der Waals surface area contributed by atoms with Gasteiger partial charge in [-0.1, -0.05) is 129 Å². The lowest BCUT2D eigenvalue weighted by Gasteiger charge is -2.31. The standard InChI is InChI=1S/C44H34N2O/c1-44(2)38-23-12-11-20-34(38)37-27-33(24-25-39(37)44)46(32-19-13-18-31(26-32)29-14-5-3-6-15-29)41-28-40-42(36-22-10-9-21-35(36)41)47-43(45-40)30-16-7-4-8-17-30/h3-17,19-28,31H,18H2,1-2H3. The van der Waals surface area contributed by atoms with Crippen LogP contribution in [0, 0.1) is 0 Å². The van der Waals surface area contributed by atoms with Crippen molar-refractivity contribution in [3.63, 3.8) is 0 Å². The Labute approximate surface area is 275 Å². The van der Waals surface area contributed by atoms with Gasteiger partial charge in [0.05, 0.1) is 5.69 Å². The number of nitrogens with zero attached hydrogens (tertiary/aromatic N) is 2. The van der Waals surface area contributed by atoms with Crippen LogP contribution in [0.1, 0.15) is 42.9 Å². The molecule has 0 aliphatic heterocycles. The number of oxazole rings is 1. The maximum absolute atomic E-state index is 6.49. The molecule has 0 amide bonds. The van der Waals surface area contributed by atoms with Crippen molar-refractivity contribution >= 4 is 33.2 Å². The van der Waals surface area contributed by atoms with Crippen molar-refractivity contribution in [3.05, 3.63) is 174 Å². The van der Waals surface area contributed by atoms with E-state index in [9.17, 15) is 0 Å². The quantitative estimate of drug-likeness (QED) is 0.195. The van der Waals surface area contributed by atoms with Crippen LogP contribution in [0.4, 0.5) is 11.4 Å². The van der Waals surface area contributed by atoms with Crippen LogP contribution in [0.2, 0.25) is 0 Å². The molecule has 1 unspecified atom stereocenters. The van der Waals surface area contributed by atoms with E-state index in [0.717, 1.165) is 50.9 Å². The molecule has 0 bridgehead atoms. The Bertz CT molecular complexity index is 2360. The van der Waals surface area contributed by atoms with Crippen LogP contribution in [0.25, 0.3) is 44.5 Å². The minimum atomic E-state index is -0.0577. The van der Waals surface area contributed by atoms with Crippen molar-refractivity contribution in [3.8, 4) is 22.6 Å². The van der Waals surface area contributed by atoms with Gasteiger partial charge < -0.3 is 9.32 Å². The predicted octanol–water partition coefficient (Wildman–Crippen LogP) is 11.7. The maximum atomic E-state index is 6.49. The average molecular weight is 607 g/mol. The fourth-order valence-electron chi connectivity index (χ4n) is 7.64. The first kappa shape index (κ1) is 27.6.